The molecule has 1 aliphatic heterocycles. The molecule has 0 aliphatic carbocycles. The highest BCUT2D eigenvalue weighted by atomic mass is 16.2. The largest absolute Gasteiger partial charge is 0.341 e. The number of hydrogen-bond acceptors (Lipinski definition) is 2. The lowest BCUT2D eigenvalue weighted by atomic mass is 10.1. The van der Waals surface area contributed by atoms with Crippen LogP contribution < -0.4 is 5.73 Å². The van der Waals surface area contributed by atoms with Gasteiger partial charge in [0, 0.05) is 19.1 Å². The first-order valence-corrected chi connectivity index (χ1v) is 5.74. The third kappa shape index (κ3) is 2.42. The standard InChI is InChI=1S/C13H18N2O/c1-10-4-2-3-5-11(10)8-13(16)15-7-6-12(14)9-15/h2-5,12H,6-9,14H2,1H3. The Morgan fingerprint density at radius 3 is 2.88 bits per heavy atom. The van der Waals surface area contributed by atoms with E-state index in [0.717, 1.165) is 18.5 Å². The summed E-state index contributed by atoms with van der Waals surface area (Å²) in [5.74, 6) is 0.197. The smallest absolute Gasteiger partial charge is 0.227 e. The van der Waals surface area contributed by atoms with Gasteiger partial charge in [0.25, 0.3) is 0 Å². The third-order valence-electron chi connectivity index (χ3n) is 3.18. The summed E-state index contributed by atoms with van der Waals surface area (Å²) >= 11 is 0. The molecule has 1 amide bonds. The van der Waals surface area contributed by atoms with E-state index in [-0.39, 0.29) is 11.9 Å². The predicted octanol–water partition coefficient (Wildman–Crippen LogP) is 1.10. The van der Waals surface area contributed by atoms with Gasteiger partial charge in [-0.3, -0.25) is 4.79 Å². The molecule has 1 heterocycles. The number of carbonyl (C=O) groups excluding carboxylic acids is 1. The second-order valence-corrected chi connectivity index (χ2v) is 4.49. The number of hydrogen-bond donors (Lipinski definition) is 1. The van der Waals surface area contributed by atoms with E-state index in [2.05, 4.69) is 0 Å². The average molecular weight is 218 g/mol. The lowest BCUT2D eigenvalue weighted by Gasteiger charge is -2.16. The molecule has 3 nitrogen and oxygen atoms in total. The molecule has 1 unspecified atom stereocenters. The van der Waals surface area contributed by atoms with Gasteiger partial charge in [-0.2, -0.15) is 0 Å². The topological polar surface area (TPSA) is 46.3 Å². The van der Waals surface area contributed by atoms with Crippen LogP contribution in [0.5, 0.6) is 0 Å². The molecule has 2 N–H and O–H groups in total. The Balaban J connectivity index is 2.00. The van der Waals surface area contributed by atoms with Crippen LogP contribution in [0.15, 0.2) is 24.3 Å². The molecule has 1 atom stereocenters. The Morgan fingerprint density at radius 2 is 2.25 bits per heavy atom. The van der Waals surface area contributed by atoms with Crippen LogP contribution >= 0.6 is 0 Å². The van der Waals surface area contributed by atoms with Crippen LogP contribution in [0.1, 0.15) is 17.5 Å². The van der Waals surface area contributed by atoms with Crippen LogP contribution in [0.3, 0.4) is 0 Å². The van der Waals surface area contributed by atoms with Gasteiger partial charge in [0.15, 0.2) is 0 Å². The van der Waals surface area contributed by atoms with E-state index in [1.54, 1.807) is 0 Å². The molecule has 1 saturated heterocycles. The number of likely N-dealkylation sites (tertiary alicyclic amines) is 1. The molecule has 0 spiro atoms. The fourth-order valence-electron chi connectivity index (χ4n) is 2.10. The van der Waals surface area contributed by atoms with Crippen molar-refractivity contribution in [1.82, 2.24) is 4.90 Å². The van der Waals surface area contributed by atoms with Crippen LogP contribution in [-0.4, -0.2) is 29.9 Å². The molecule has 0 aromatic heterocycles. The Bertz CT molecular complexity index is 389. The zero-order valence-corrected chi connectivity index (χ0v) is 9.65. The van der Waals surface area contributed by atoms with Crippen LogP contribution in [0.4, 0.5) is 0 Å². The molecule has 0 radical (unpaired) electrons. The van der Waals surface area contributed by atoms with Gasteiger partial charge < -0.3 is 10.6 Å². The number of aryl methyl sites for hydroxylation is 1. The minimum Gasteiger partial charge on any atom is -0.341 e. The highest BCUT2D eigenvalue weighted by Gasteiger charge is 2.23. The van der Waals surface area contributed by atoms with E-state index in [4.69, 9.17) is 5.73 Å². The van der Waals surface area contributed by atoms with Crippen molar-refractivity contribution in [2.45, 2.75) is 25.8 Å². The highest BCUT2D eigenvalue weighted by Crippen LogP contribution is 2.12. The molecular weight excluding hydrogens is 200 g/mol. The zero-order valence-electron chi connectivity index (χ0n) is 9.65. The van der Waals surface area contributed by atoms with Crippen molar-refractivity contribution in [2.75, 3.05) is 13.1 Å². The van der Waals surface area contributed by atoms with E-state index in [1.807, 2.05) is 36.1 Å². The minimum atomic E-state index is 0.167. The molecule has 2 rings (SSSR count). The summed E-state index contributed by atoms with van der Waals surface area (Å²) in [4.78, 5) is 13.9. The first kappa shape index (κ1) is 11.1. The maximum Gasteiger partial charge on any atom is 0.227 e. The zero-order chi connectivity index (χ0) is 11.5. The lowest BCUT2D eigenvalue weighted by Crippen LogP contribution is -2.33. The van der Waals surface area contributed by atoms with E-state index in [0.29, 0.717) is 13.0 Å². The Labute approximate surface area is 96.2 Å². The lowest BCUT2D eigenvalue weighted by molar-refractivity contribution is -0.129. The number of nitrogens with two attached hydrogens (primary N) is 1. The molecule has 0 bridgehead atoms. The van der Waals surface area contributed by atoms with Crippen molar-refractivity contribution in [3.05, 3.63) is 35.4 Å². The number of benzene rings is 1. The highest BCUT2D eigenvalue weighted by molar-refractivity contribution is 5.79. The summed E-state index contributed by atoms with van der Waals surface area (Å²) in [7, 11) is 0. The Morgan fingerprint density at radius 1 is 1.50 bits per heavy atom. The summed E-state index contributed by atoms with van der Waals surface area (Å²) in [6, 6.07) is 8.20. The molecule has 1 aromatic carbocycles. The molecule has 1 aromatic rings. The van der Waals surface area contributed by atoms with Crippen molar-refractivity contribution in [3.8, 4) is 0 Å². The predicted molar refractivity (Wildman–Crippen MR) is 64.1 cm³/mol. The van der Waals surface area contributed by atoms with Gasteiger partial charge >= 0.3 is 0 Å². The van der Waals surface area contributed by atoms with Crippen LogP contribution in [0.2, 0.25) is 0 Å². The molecule has 0 saturated carbocycles. The fourth-order valence-corrected chi connectivity index (χ4v) is 2.10. The minimum absolute atomic E-state index is 0.167. The van der Waals surface area contributed by atoms with Gasteiger partial charge in [-0.1, -0.05) is 24.3 Å². The molecule has 16 heavy (non-hydrogen) atoms. The van der Waals surface area contributed by atoms with E-state index >= 15 is 0 Å². The maximum absolute atomic E-state index is 12.0. The quantitative estimate of drug-likeness (QED) is 0.808. The number of amides is 1. The van der Waals surface area contributed by atoms with Gasteiger partial charge in [0.1, 0.15) is 0 Å². The SMILES string of the molecule is Cc1ccccc1CC(=O)N1CCC(N)C1. The summed E-state index contributed by atoms with van der Waals surface area (Å²) in [5, 5.41) is 0. The van der Waals surface area contributed by atoms with Crippen molar-refractivity contribution >= 4 is 5.91 Å². The monoisotopic (exact) mass is 218 g/mol. The fraction of sp³-hybridized carbons (Fsp3) is 0.462. The molecule has 3 heteroatoms. The van der Waals surface area contributed by atoms with Gasteiger partial charge in [0.2, 0.25) is 5.91 Å². The second-order valence-electron chi connectivity index (χ2n) is 4.49. The molecule has 86 valence electrons. The molecular formula is C13H18N2O. The van der Waals surface area contributed by atoms with Crippen molar-refractivity contribution < 1.29 is 4.79 Å². The first-order chi connectivity index (χ1) is 7.66. The Kier molecular flexibility index (Phi) is 3.25. The number of nitrogens with zero attached hydrogens (tertiary/aromatic N) is 1. The van der Waals surface area contributed by atoms with Gasteiger partial charge in [-0.25, -0.2) is 0 Å². The summed E-state index contributed by atoms with van der Waals surface area (Å²) < 4.78 is 0. The Hall–Kier alpha value is -1.35. The maximum atomic E-state index is 12.0. The van der Waals surface area contributed by atoms with E-state index < -0.39 is 0 Å². The van der Waals surface area contributed by atoms with Crippen LogP contribution in [0, 0.1) is 6.92 Å². The molecule has 1 aliphatic rings. The summed E-state index contributed by atoms with van der Waals surface area (Å²) in [5.41, 5.74) is 8.09. The normalized spacial score (nSPS) is 20.1. The number of rotatable bonds is 2. The van der Waals surface area contributed by atoms with Crippen molar-refractivity contribution in [2.24, 2.45) is 5.73 Å². The van der Waals surface area contributed by atoms with Crippen LogP contribution in [-0.2, 0) is 11.2 Å². The molecule has 1 fully saturated rings. The summed E-state index contributed by atoms with van der Waals surface area (Å²) in [6.07, 6.45) is 1.43. The first-order valence-electron chi connectivity index (χ1n) is 5.74. The number of carbonyl (C=O) groups is 1. The second kappa shape index (κ2) is 4.66. The van der Waals surface area contributed by atoms with Crippen molar-refractivity contribution in [3.63, 3.8) is 0 Å². The average Bonchev–Trinajstić information content (AvgIpc) is 2.68. The third-order valence-corrected chi connectivity index (χ3v) is 3.18. The van der Waals surface area contributed by atoms with E-state index in [1.165, 1.54) is 5.56 Å². The van der Waals surface area contributed by atoms with E-state index in [9.17, 15) is 4.79 Å². The van der Waals surface area contributed by atoms with Gasteiger partial charge in [-0.05, 0) is 24.5 Å². The van der Waals surface area contributed by atoms with Gasteiger partial charge in [-0.15, -0.1) is 0 Å². The van der Waals surface area contributed by atoms with Gasteiger partial charge in [0.05, 0.1) is 6.42 Å². The summed E-state index contributed by atoms with van der Waals surface area (Å²) in [6.45, 7) is 3.56. The van der Waals surface area contributed by atoms with Crippen molar-refractivity contribution in [1.29, 1.82) is 0 Å². The van der Waals surface area contributed by atoms with Crippen LogP contribution in [0.25, 0.3) is 0 Å².